The normalized spacial score (nSPS) is 11.6. The summed E-state index contributed by atoms with van der Waals surface area (Å²) in [6, 6.07) is 8.55. The van der Waals surface area contributed by atoms with E-state index in [1.165, 1.54) is 6.92 Å². The van der Waals surface area contributed by atoms with Gasteiger partial charge in [-0.25, -0.2) is 22.0 Å². The summed E-state index contributed by atoms with van der Waals surface area (Å²) < 4.78 is 65.7. The van der Waals surface area contributed by atoms with Crippen LogP contribution in [0.1, 0.15) is 12.5 Å². The zero-order chi connectivity index (χ0) is 15.6. The van der Waals surface area contributed by atoms with Crippen LogP contribution >= 0.6 is 0 Å². The molecule has 0 bridgehead atoms. The second-order valence-corrected chi connectivity index (χ2v) is 4.12. The molecule has 0 unspecified atom stereocenters. The van der Waals surface area contributed by atoms with Crippen LogP contribution in [0.4, 0.5) is 27.6 Å². The molecule has 21 heavy (non-hydrogen) atoms. The lowest BCUT2D eigenvalue weighted by Crippen LogP contribution is -2.08. The molecule has 0 atom stereocenters. The molecule has 0 fully saturated rings. The minimum absolute atomic E-state index is 0.319. The fourth-order valence-corrected chi connectivity index (χ4v) is 1.59. The molecule has 0 spiro atoms. The van der Waals surface area contributed by atoms with Crippen LogP contribution in [-0.4, -0.2) is 5.71 Å². The summed E-state index contributed by atoms with van der Waals surface area (Å²) in [7, 11) is 0. The summed E-state index contributed by atoms with van der Waals surface area (Å²) in [4.78, 5) is 0. The van der Waals surface area contributed by atoms with E-state index >= 15 is 0 Å². The lowest BCUT2D eigenvalue weighted by atomic mass is 10.1. The van der Waals surface area contributed by atoms with E-state index in [0.29, 0.717) is 11.3 Å². The van der Waals surface area contributed by atoms with Gasteiger partial charge < -0.3 is 0 Å². The average Bonchev–Trinajstić information content (AvgIpc) is 2.51. The summed E-state index contributed by atoms with van der Waals surface area (Å²) in [5.74, 6) is -10.2. The van der Waals surface area contributed by atoms with E-state index in [1.54, 1.807) is 30.3 Å². The molecule has 2 aromatic carbocycles. The summed E-state index contributed by atoms with van der Waals surface area (Å²) in [6.07, 6.45) is 0. The number of rotatable bonds is 3. The Kier molecular flexibility index (Phi) is 4.21. The number of halogens is 5. The van der Waals surface area contributed by atoms with Gasteiger partial charge in [0, 0.05) is 0 Å². The molecule has 0 radical (unpaired) electrons. The number of hydrogen-bond acceptors (Lipinski definition) is 2. The van der Waals surface area contributed by atoms with Gasteiger partial charge in [0.2, 0.25) is 5.82 Å². The molecule has 0 aliphatic carbocycles. The third kappa shape index (κ3) is 2.86. The second kappa shape index (κ2) is 5.90. The first-order chi connectivity index (χ1) is 9.93. The van der Waals surface area contributed by atoms with Crippen LogP contribution in [0.2, 0.25) is 0 Å². The van der Waals surface area contributed by atoms with Crippen molar-refractivity contribution in [2.75, 3.05) is 5.43 Å². The molecule has 0 saturated carbocycles. The van der Waals surface area contributed by atoms with Gasteiger partial charge in [-0.2, -0.15) is 5.10 Å². The van der Waals surface area contributed by atoms with E-state index in [9.17, 15) is 22.0 Å². The summed E-state index contributed by atoms with van der Waals surface area (Å²) >= 11 is 0. The van der Waals surface area contributed by atoms with Crippen LogP contribution in [0.3, 0.4) is 0 Å². The highest BCUT2D eigenvalue weighted by molar-refractivity contribution is 5.99. The Bertz CT molecular complexity index is 669. The third-order valence-corrected chi connectivity index (χ3v) is 2.74. The molecule has 7 heteroatoms. The van der Waals surface area contributed by atoms with Crippen molar-refractivity contribution in [3.8, 4) is 0 Å². The van der Waals surface area contributed by atoms with Crippen molar-refractivity contribution in [1.82, 2.24) is 0 Å². The molecule has 0 aromatic heterocycles. The van der Waals surface area contributed by atoms with Crippen molar-refractivity contribution in [1.29, 1.82) is 0 Å². The minimum Gasteiger partial charge on any atom is -0.272 e. The van der Waals surface area contributed by atoms with Crippen molar-refractivity contribution in [3.63, 3.8) is 0 Å². The maximum atomic E-state index is 13.4. The van der Waals surface area contributed by atoms with Gasteiger partial charge >= 0.3 is 0 Å². The molecule has 0 amide bonds. The predicted octanol–water partition coefficient (Wildman–Crippen LogP) is 4.22. The first-order valence-corrected chi connectivity index (χ1v) is 5.80. The SMILES string of the molecule is CC(=NNc1c(F)c(F)c(F)c(F)c1F)c1ccccc1. The maximum Gasteiger partial charge on any atom is 0.200 e. The van der Waals surface area contributed by atoms with Crippen molar-refractivity contribution in [3.05, 3.63) is 65.0 Å². The molecule has 2 aromatic rings. The van der Waals surface area contributed by atoms with Gasteiger partial charge in [-0.15, -0.1) is 0 Å². The zero-order valence-corrected chi connectivity index (χ0v) is 10.7. The van der Waals surface area contributed by atoms with Crippen LogP contribution in [0.15, 0.2) is 35.4 Å². The third-order valence-electron chi connectivity index (χ3n) is 2.74. The lowest BCUT2D eigenvalue weighted by Gasteiger charge is -2.08. The quantitative estimate of drug-likeness (QED) is 0.296. The molecular formula is C14H9F5N2. The molecular weight excluding hydrogens is 291 g/mol. The van der Waals surface area contributed by atoms with Gasteiger partial charge in [-0.1, -0.05) is 30.3 Å². The molecule has 1 N–H and O–H groups in total. The fourth-order valence-electron chi connectivity index (χ4n) is 1.59. The van der Waals surface area contributed by atoms with Crippen LogP contribution in [0.5, 0.6) is 0 Å². The number of nitrogens with one attached hydrogen (secondary N) is 1. The zero-order valence-electron chi connectivity index (χ0n) is 10.7. The highest BCUT2D eigenvalue weighted by Gasteiger charge is 2.25. The Morgan fingerprint density at radius 3 is 1.81 bits per heavy atom. The monoisotopic (exact) mass is 300 g/mol. The van der Waals surface area contributed by atoms with Gasteiger partial charge in [0.1, 0.15) is 5.69 Å². The molecule has 0 saturated heterocycles. The van der Waals surface area contributed by atoms with Crippen LogP contribution in [0, 0.1) is 29.1 Å². The maximum absolute atomic E-state index is 13.4. The van der Waals surface area contributed by atoms with Crippen LogP contribution in [0.25, 0.3) is 0 Å². The summed E-state index contributed by atoms with van der Waals surface area (Å²) in [5, 5.41) is 3.63. The van der Waals surface area contributed by atoms with Gasteiger partial charge in [0.25, 0.3) is 0 Å². The number of hydrogen-bond donors (Lipinski definition) is 1. The molecule has 0 aliphatic rings. The molecule has 2 rings (SSSR count). The standard InChI is InChI=1S/C14H9F5N2/c1-7(8-5-3-2-4-6-8)20-21-14-12(18)10(16)9(15)11(17)13(14)19/h2-6,21H,1H3. The topological polar surface area (TPSA) is 24.4 Å². The lowest BCUT2D eigenvalue weighted by molar-refractivity contribution is 0.381. The number of nitrogens with zero attached hydrogens (tertiary/aromatic N) is 1. The first kappa shape index (κ1) is 15.0. The van der Waals surface area contributed by atoms with E-state index in [1.807, 2.05) is 5.43 Å². The van der Waals surface area contributed by atoms with Crippen molar-refractivity contribution in [2.24, 2.45) is 5.10 Å². The molecule has 0 heterocycles. The van der Waals surface area contributed by atoms with Gasteiger partial charge in [-0.3, -0.25) is 5.43 Å². The highest BCUT2D eigenvalue weighted by atomic mass is 19.2. The second-order valence-electron chi connectivity index (χ2n) is 4.12. The predicted molar refractivity (Wildman–Crippen MR) is 68.5 cm³/mol. The molecule has 110 valence electrons. The number of benzene rings is 2. The first-order valence-electron chi connectivity index (χ1n) is 5.80. The highest BCUT2D eigenvalue weighted by Crippen LogP contribution is 2.27. The minimum atomic E-state index is -2.21. The number of anilines is 1. The largest absolute Gasteiger partial charge is 0.272 e. The Morgan fingerprint density at radius 2 is 1.29 bits per heavy atom. The van der Waals surface area contributed by atoms with Crippen molar-refractivity contribution < 1.29 is 22.0 Å². The van der Waals surface area contributed by atoms with E-state index in [0.717, 1.165) is 0 Å². The Morgan fingerprint density at radius 1 is 0.810 bits per heavy atom. The Balaban J connectivity index is 2.37. The fraction of sp³-hybridized carbons (Fsp3) is 0.0714. The van der Waals surface area contributed by atoms with Crippen LogP contribution in [-0.2, 0) is 0 Å². The average molecular weight is 300 g/mol. The number of hydrazone groups is 1. The van der Waals surface area contributed by atoms with Crippen molar-refractivity contribution >= 4 is 11.4 Å². The van der Waals surface area contributed by atoms with E-state index in [-0.39, 0.29) is 0 Å². The van der Waals surface area contributed by atoms with Gasteiger partial charge in [0.05, 0.1) is 5.71 Å². The molecule has 2 nitrogen and oxygen atoms in total. The summed E-state index contributed by atoms with van der Waals surface area (Å²) in [6.45, 7) is 1.52. The Hall–Kier alpha value is -2.44. The van der Waals surface area contributed by atoms with Crippen LogP contribution < -0.4 is 5.43 Å². The van der Waals surface area contributed by atoms with E-state index in [2.05, 4.69) is 5.10 Å². The molecule has 0 aliphatic heterocycles. The van der Waals surface area contributed by atoms with Gasteiger partial charge in [-0.05, 0) is 12.5 Å². The van der Waals surface area contributed by atoms with E-state index in [4.69, 9.17) is 0 Å². The van der Waals surface area contributed by atoms with Gasteiger partial charge in [0.15, 0.2) is 23.3 Å². The summed E-state index contributed by atoms with van der Waals surface area (Å²) in [5.41, 5.74) is 1.64. The smallest absolute Gasteiger partial charge is 0.200 e. The van der Waals surface area contributed by atoms with E-state index < -0.39 is 34.8 Å². The Labute approximate surface area is 116 Å². The van der Waals surface area contributed by atoms with Crippen molar-refractivity contribution in [2.45, 2.75) is 6.92 Å².